The SMILES string of the molecule is CC(C)(C)C1=N[C@H](COp2oc3c(C(C)(C)C)cc(C(C)(C)C)cc3c3cc(C(C)(C)C)cc(C(C)(C)C)c3o2)CO1. The lowest BCUT2D eigenvalue weighted by atomic mass is 9.77. The fourth-order valence-corrected chi connectivity index (χ4v) is 6.24. The Bertz CT molecular complexity index is 1450. The lowest BCUT2D eigenvalue weighted by Crippen LogP contribution is -2.20. The van der Waals surface area contributed by atoms with E-state index in [0.717, 1.165) is 39.0 Å². The topological polar surface area (TPSA) is 57.1 Å². The molecule has 0 unspecified atom stereocenters. The van der Waals surface area contributed by atoms with Gasteiger partial charge in [-0.15, -0.1) is 0 Å². The first-order valence-corrected chi connectivity index (χ1v) is 16.4. The Hall–Kier alpha value is -2.23. The molecule has 6 heteroatoms. The van der Waals surface area contributed by atoms with Crippen LogP contribution in [0.5, 0.6) is 0 Å². The van der Waals surface area contributed by atoms with E-state index in [1.54, 1.807) is 0 Å². The van der Waals surface area contributed by atoms with Gasteiger partial charge in [-0.1, -0.05) is 116 Å². The summed E-state index contributed by atoms with van der Waals surface area (Å²) in [6.07, 6.45) is 0. The van der Waals surface area contributed by atoms with E-state index >= 15 is 0 Å². The molecule has 2 heterocycles. The quantitative estimate of drug-likeness (QED) is 0.302. The molecule has 0 fully saturated rings. The second-order valence-electron chi connectivity index (χ2n) is 17.2. The van der Waals surface area contributed by atoms with E-state index in [0.29, 0.717) is 13.2 Å². The Morgan fingerprint density at radius 3 is 1.40 bits per heavy atom. The smallest absolute Gasteiger partial charge is 0.387 e. The lowest BCUT2D eigenvalue weighted by Gasteiger charge is -2.27. The third kappa shape index (κ3) is 6.94. The summed E-state index contributed by atoms with van der Waals surface area (Å²) in [5.74, 6) is 0.775. The molecular weight excluding hydrogens is 541 g/mol. The van der Waals surface area contributed by atoms with Crippen molar-refractivity contribution in [2.45, 2.75) is 132 Å². The van der Waals surface area contributed by atoms with Gasteiger partial charge in [0, 0.05) is 27.3 Å². The van der Waals surface area contributed by atoms with Crippen molar-refractivity contribution < 1.29 is 17.7 Å². The molecule has 3 aromatic rings. The first-order chi connectivity index (χ1) is 19.0. The van der Waals surface area contributed by atoms with Gasteiger partial charge in [-0.3, -0.25) is 4.52 Å². The van der Waals surface area contributed by atoms with Crippen LogP contribution >= 0.6 is 8.24 Å². The van der Waals surface area contributed by atoms with E-state index in [9.17, 15) is 0 Å². The summed E-state index contributed by atoms with van der Waals surface area (Å²) in [5.41, 5.74) is 6.06. The van der Waals surface area contributed by atoms with Crippen molar-refractivity contribution >= 4 is 36.1 Å². The molecule has 5 nitrogen and oxygen atoms in total. The minimum absolute atomic E-state index is 0.0384. The molecule has 232 valence electrons. The predicted molar refractivity (Wildman–Crippen MR) is 179 cm³/mol. The molecule has 1 aromatic heterocycles. The van der Waals surface area contributed by atoms with Crippen LogP contribution in [0.3, 0.4) is 0 Å². The molecule has 0 saturated carbocycles. The van der Waals surface area contributed by atoms with Gasteiger partial charge in [-0.2, -0.15) is 0 Å². The van der Waals surface area contributed by atoms with Crippen LogP contribution in [0.4, 0.5) is 0 Å². The van der Waals surface area contributed by atoms with Crippen LogP contribution in [0, 0.1) is 5.41 Å². The van der Waals surface area contributed by atoms with Gasteiger partial charge in [0.2, 0.25) is 0 Å². The first kappa shape index (κ1) is 32.7. The highest BCUT2D eigenvalue weighted by Crippen LogP contribution is 2.45. The number of benzene rings is 2. The molecule has 0 radical (unpaired) electrons. The zero-order valence-corrected chi connectivity index (χ0v) is 29.7. The molecule has 0 saturated heterocycles. The van der Waals surface area contributed by atoms with Crippen LogP contribution in [0.25, 0.3) is 21.9 Å². The summed E-state index contributed by atoms with van der Waals surface area (Å²) < 4.78 is 26.1. The normalized spacial score (nSPS) is 17.1. The van der Waals surface area contributed by atoms with E-state index in [2.05, 4.69) is 128 Å². The molecule has 0 amide bonds. The van der Waals surface area contributed by atoms with E-state index in [4.69, 9.17) is 22.6 Å². The summed E-state index contributed by atoms with van der Waals surface area (Å²) in [6.45, 7) is 34.3. The molecule has 1 atom stereocenters. The molecule has 0 bridgehead atoms. The molecule has 4 rings (SSSR count). The standard InChI is InChI=1S/C36H54NO4P/c1-32(2,3)22-16-25-26-17-23(33(4,5)6)19-28(35(10,11)12)30(26)41-42(40-29(25)27(18-22)34(7,8)9)39-21-24-20-38-31(37-24)36(13,14)15/h16-19,24H,20-21H2,1-15H3/t24-/m0/s1. The van der Waals surface area contributed by atoms with Gasteiger partial charge in [0.15, 0.2) is 5.90 Å². The van der Waals surface area contributed by atoms with E-state index in [-0.39, 0.29) is 33.1 Å². The van der Waals surface area contributed by atoms with Crippen LogP contribution in [0.15, 0.2) is 37.7 Å². The van der Waals surface area contributed by atoms with E-state index in [1.165, 1.54) is 11.1 Å². The highest BCUT2D eigenvalue weighted by Gasteiger charge is 2.31. The van der Waals surface area contributed by atoms with Crippen molar-refractivity contribution in [3.8, 4) is 0 Å². The molecule has 0 aliphatic carbocycles. The van der Waals surface area contributed by atoms with Crippen molar-refractivity contribution in [3.63, 3.8) is 0 Å². The van der Waals surface area contributed by atoms with Gasteiger partial charge < -0.3 is 13.1 Å². The predicted octanol–water partition coefficient (Wildman–Crippen LogP) is 10.8. The Balaban J connectivity index is 2.10. The van der Waals surface area contributed by atoms with Crippen LogP contribution < -0.4 is 4.52 Å². The first-order valence-electron chi connectivity index (χ1n) is 15.3. The van der Waals surface area contributed by atoms with Gasteiger partial charge in [0.05, 0.1) is 6.61 Å². The van der Waals surface area contributed by atoms with Gasteiger partial charge in [0.25, 0.3) is 0 Å². The molecule has 1 aliphatic rings. The number of ether oxygens (including phenoxy) is 1. The number of fused-ring (bicyclic) bond motifs is 3. The van der Waals surface area contributed by atoms with Crippen molar-refractivity contribution in [2.75, 3.05) is 13.2 Å². The summed E-state index contributed by atoms with van der Waals surface area (Å²) in [5, 5.41) is 2.15. The van der Waals surface area contributed by atoms with E-state index < -0.39 is 8.24 Å². The zero-order valence-electron chi connectivity index (χ0n) is 28.8. The Morgan fingerprint density at radius 1 is 0.643 bits per heavy atom. The van der Waals surface area contributed by atoms with Crippen LogP contribution in [-0.2, 0) is 26.4 Å². The maximum absolute atomic E-state index is 6.84. The monoisotopic (exact) mass is 595 g/mol. The van der Waals surface area contributed by atoms with Crippen LogP contribution in [0.1, 0.15) is 126 Å². The number of rotatable bonds is 3. The number of hydrogen-bond acceptors (Lipinski definition) is 5. The maximum atomic E-state index is 6.84. The van der Waals surface area contributed by atoms with Crippen LogP contribution in [-0.4, -0.2) is 25.2 Å². The Labute approximate surface area is 255 Å². The van der Waals surface area contributed by atoms with Crippen molar-refractivity contribution in [1.82, 2.24) is 0 Å². The van der Waals surface area contributed by atoms with Crippen molar-refractivity contribution in [2.24, 2.45) is 10.4 Å². The second kappa shape index (κ2) is 10.7. The minimum Gasteiger partial charge on any atom is -0.478 e. The number of nitrogens with zero attached hydrogens (tertiary/aromatic N) is 1. The van der Waals surface area contributed by atoms with Crippen molar-refractivity contribution in [1.29, 1.82) is 0 Å². The molecular formula is C36H54NO4P. The fraction of sp³-hybridized carbons (Fsp3) is 0.639. The summed E-state index contributed by atoms with van der Waals surface area (Å²) >= 11 is 0. The molecule has 42 heavy (non-hydrogen) atoms. The number of hydrogen-bond donors (Lipinski definition) is 0. The summed E-state index contributed by atoms with van der Waals surface area (Å²) in [4.78, 5) is 4.82. The second-order valence-corrected chi connectivity index (χ2v) is 18.2. The van der Waals surface area contributed by atoms with Gasteiger partial charge in [-0.05, 0) is 44.9 Å². The number of aliphatic imine (C=N–C) groups is 1. The largest absolute Gasteiger partial charge is 0.478 e. The third-order valence-corrected chi connectivity index (χ3v) is 8.90. The summed E-state index contributed by atoms with van der Waals surface area (Å²) in [6, 6.07) is 9.18. The fourth-order valence-electron chi connectivity index (χ4n) is 5.11. The maximum Gasteiger partial charge on any atom is 0.387 e. The average molecular weight is 596 g/mol. The van der Waals surface area contributed by atoms with Gasteiger partial charge in [-0.25, -0.2) is 4.99 Å². The minimum atomic E-state index is -1.76. The molecule has 0 spiro atoms. The highest BCUT2D eigenvalue weighted by atomic mass is 31.1. The highest BCUT2D eigenvalue weighted by molar-refractivity contribution is 7.31. The lowest BCUT2D eigenvalue weighted by molar-refractivity contribution is 0.252. The molecule has 0 N–H and O–H groups in total. The zero-order chi connectivity index (χ0) is 31.6. The van der Waals surface area contributed by atoms with Crippen molar-refractivity contribution in [3.05, 3.63) is 46.5 Å². The van der Waals surface area contributed by atoms with Crippen LogP contribution in [0.2, 0.25) is 0 Å². The van der Waals surface area contributed by atoms with E-state index in [1.807, 2.05) is 0 Å². The third-order valence-electron chi connectivity index (χ3n) is 7.87. The van der Waals surface area contributed by atoms with Gasteiger partial charge >= 0.3 is 8.24 Å². The molecule has 2 aromatic carbocycles. The molecule has 1 aliphatic heterocycles. The average Bonchev–Trinajstić information content (AvgIpc) is 3.23. The Morgan fingerprint density at radius 2 is 1.07 bits per heavy atom. The van der Waals surface area contributed by atoms with Gasteiger partial charge in [0.1, 0.15) is 23.8 Å². The summed E-state index contributed by atoms with van der Waals surface area (Å²) in [7, 11) is -1.76. The Kier molecular flexibility index (Phi) is 8.35.